The van der Waals surface area contributed by atoms with Crippen LogP contribution in [-0.2, 0) is 0 Å². The molecule has 0 unspecified atom stereocenters. The van der Waals surface area contributed by atoms with E-state index in [4.69, 9.17) is 16.3 Å². The maximum Gasteiger partial charge on any atom is 0.122 e. The Balaban J connectivity index is 2.40. The molecule has 0 radical (unpaired) electrons. The number of halogens is 1. The number of methoxy groups -OCH3 is 1. The summed E-state index contributed by atoms with van der Waals surface area (Å²) in [6.07, 6.45) is 0. The monoisotopic (exact) mass is 211 g/mol. The largest absolute Gasteiger partial charge is 0.496 e. The van der Waals surface area contributed by atoms with E-state index in [0.717, 1.165) is 29.4 Å². The minimum Gasteiger partial charge on any atom is -0.496 e. The van der Waals surface area contributed by atoms with E-state index >= 15 is 0 Å². The molecule has 76 valence electrons. The number of hydrogen-bond acceptors (Lipinski definition) is 2. The van der Waals surface area contributed by atoms with E-state index in [-0.39, 0.29) is 0 Å². The first-order chi connectivity index (χ1) is 6.72. The predicted octanol–water partition coefficient (Wildman–Crippen LogP) is 2.34. The first-order valence-corrected chi connectivity index (χ1v) is 5.15. The molecule has 14 heavy (non-hydrogen) atoms. The van der Waals surface area contributed by atoms with Crippen LogP contribution in [0.3, 0.4) is 0 Å². The predicted molar refractivity (Wildman–Crippen MR) is 58.4 cm³/mol. The van der Waals surface area contributed by atoms with E-state index in [9.17, 15) is 0 Å². The van der Waals surface area contributed by atoms with Crippen LogP contribution in [0.1, 0.15) is 17.0 Å². The fourth-order valence-electron chi connectivity index (χ4n) is 1.67. The van der Waals surface area contributed by atoms with Crippen molar-refractivity contribution in [3.8, 4) is 5.75 Å². The maximum atomic E-state index is 6.09. The van der Waals surface area contributed by atoms with Crippen molar-refractivity contribution in [2.24, 2.45) is 0 Å². The second kappa shape index (κ2) is 3.79. The third-order valence-corrected chi connectivity index (χ3v) is 3.14. The van der Waals surface area contributed by atoms with Crippen LogP contribution in [0.4, 0.5) is 0 Å². The van der Waals surface area contributed by atoms with E-state index in [2.05, 4.69) is 5.32 Å². The van der Waals surface area contributed by atoms with Crippen LogP contribution in [0.2, 0.25) is 5.02 Å². The van der Waals surface area contributed by atoms with Gasteiger partial charge in [-0.3, -0.25) is 0 Å². The van der Waals surface area contributed by atoms with Gasteiger partial charge in [-0.1, -0.05) is 11.6 Å². The van der Waals surface area contributed by atoms with Gasteiger partial charge in [0.05, 0.1) is 7.11 Å². The summed E-state index contributed by atoms with van der Waals surface area (Å²) in [4.78, 5) is 0. The Morgan fingerprint density at radius 2 is 2.14 bits per heavy atom. The van der Waals surface area contributed by atoms with E-state index in [1.54, 1.807) is 7.11 Å². The fourth-order valence-corrected chi connectivity index (χ4v) is 1.85. The SMILES string of the molecule is COc1cc(C)c(Cl)cc1C1CNC1. The zero-order chi connectivity index (χ0) is 10.1. The highest BCUT2D eigenvalue weighted by molar-refractivity contribution is 6.31. The molecule has 0 amide bonds. The Hall–Kier alpha value is -0.730. The van der Waals surface area contributed by atoms with Gasteiger partial charge in [0, 0.05) is 29.6 Å². The van der Waals surface area contributed by atoms with Gasteiger partial charge < -0.3 is 10.1 Å². The first-order valence-electron chi connectivity index (χ1n) is 4.77. The second-order valence-electron chi connectivity index (χ2n) is 3.70. The molecule has 0 atom stereocenters. The average molecular weight is 212 g/mol. The lowest BCUT2D eigenvalue weighted by atomic mass is 9.92. The van der Waals surface area contributed by atoms with Crippen molar-refractivity contribution >= 4 is 11.6 Å². The topological polar surface area (TPSA) is 21.3 Å². The number of ether oxygens (including phenoxy) is 1. The molecule has 3 heteroatoms. The summed E-state index contributed by atoms with van der Waals surface area (Å²) in [5.41, 5.74) is 2.29. The molecule has 0 aromatic heterocycles. The molecule has 1 aliphatic heterocycles. The molecule has 1 aromatic rings. The van der Waals surface area contributed by atoms with E-state index < -0.39 is 0 Å². The van der Waals surface area contributed by atoms with Crippen LogP contribution in [-0.4, -0.2) is 20.2 Å². The third kappa shape index (κ3) is 1.60. The van der Waals surface area contributed by atoms with Crippen molar-refractivity contribution in [3.05, 3.63) is 28.3 Å². The summed E-state index contributed by atoms with van der Waals surface area (Å²) in [5, 5.41) is 4.07. The van der Waals surface area contributed by atoms with Crippen LogP contribution in [0.15, 0.2) is 12.1 Å². The molecule has 0 saturated carbocycles. The Bertz CT molecular complexity index is 347. The highest BCUT2D eigenvalue weighted by atomic mass is 35.5. The first kappa shape index (κ1) is 9.81. The quantitative estimate of drug-likeness (QED) is 0.811. The molecule has 1 fully saturated rings. The molecule has 2 nitrogen and oxygen atoms in total. The molecule has 1 aromatic carbocycles. The van der Waals surface area contributed by atoms with Crippen molar-refractivity contribution in [3.63, 3.8) is 0 Å². The third-order valence-electron chi connectivity index (χ3n) is 2.73. The lowest BCUT2D eigenvalue weighted by Gasteiger charge is -2.29. The average Bonchev–Trinajstić information content (AvgIpc) is 2.08. The van der Waals surface area contributed by atoms with Gasteiger partial charge in [0.15, 0.2) is 0 Å². The summed E-state index contributed by atoms with van der Waals surface area (Å²) in [7, 11) is 1.71. The van der Waals surface area contributed by atoms with Gasteiger partial charge in [0.25, 0.3) is 0 Å². The molecule has 1 N–H and O–H groups in total. The standard InChI is InChI=1S/C11H14ClNO/c1-7-3-11(14-2)9(4-10(7)12)8-5-13-6-8/h3-4,8,13H,5-6H2,1-2H3. The van der Waals surface area contributed by atoms with Crippen molar-refractivity contribution in [1.82, 2.24) is 5.32 Å². The van der Waals surface area contributed by atoms with Gasteiger partial charge in [0.2, 0.25) is 0 Å². The second-order valence-corrected chi connectivity index (χ2v) is 4.11. The van der Waals surface area contributed by atoms with Crippen molar-refractivity contribution in [2.75, 3.05) is 20.2 Å². The van der Waals surface area contributed by atoms with E-state index in [1.165, 1.54) is 5.56 Å². The van der Waals surface area contributed by atoms with Gasteiger partial charge in [-0.15, -0.1) is 0 Å². The molecule has 0 spiro atoms. The van der Waals surface area contributed by atoms with Crippen molar-refractivity contribution in [2.45, 2.75) is 12.8 Å². The molecular weight excluding hydrogens is 198 g/mol. The highest BCUT2D eigenvalue weighted by Crippen LogP contribution is 2.33. The van der Waals surface area contributed by atoms with Gasteiger partial charge >= 0.3 is 0 Å². The van der Waals surface area contributed by atoms with Crippen LogP contribution in [0.5, 0.6) is 5.75 Å². The van der Waals surface area contributed by atoms with Crippen LogP contribution in [0.25, 0.3) is 0 Å². The summed E-state index contributed by atoms with van der Waals surface area (Å²) >= 11 is 6.09. The van der Waals surface area contributed by atoms with Crippen LogP contribution >= 0.6 is 11.6 Å². The summed E-state index contributed by atoms with van der Waals surface area (Å²) in [6.45, 7) is 4.04. The Labute approximate surface area is 89.2 Å². The zero-order valence-electron chi connectivity index (χ0n) is 8.43. The number of aryl methyl sites for hydroxylation is 1. The van der Waals surface area contributed by atoms with Gasteiger partial charge in [-0.05, 0) is 24.6 Å². The number of benzene rings is 1. The minimum absolute atomic E-state index is 0.558. The van der Waals surface area contributed by atoms with Crippen molar-refractivity contribution < 1.29 is 4.74 Å². The Morgan fingerprint density at radius 1 is 1.43 bits per heavy atom. The van der Waals surface area contributed by atoms with Gasteiger partial charge in [-0.25, -0.2) is 0 Å². The zero-order valence-corrected chi connectivity index (χ0v) is 9.19. The minimum atomic E-state index is 0.558. The molecule has 0 aliphatic carbocycles. The van der Waals surface area contributed by atoms with Crippen LogP contribution in [0, 0.1) is 6.92 Å². The lowest BCUT2D eigenvalue weighted by Crippen LogP contribution is -2.40. The van der Waals surface area contributed by atoms with E-state index in [1.807, 2.05) is 19.1 Å². The highest BCUT2D eigenvalue weighted by Gasteiger charge is 2.23. The Kier molecular flexibility index (Phi) is 2.66. The summed E-state index contributed by atoms with van der Waals surface area (Å²) in [5.74, 6) is 1.52. The summed E-state index contributed by atoms with van der Waals surface area (Å²) in [6, 6.07) is 4.04. The lowest BCUT2D eigenvalue weighted by molar-refractivity contribution is 0.385. The van der Waals surface area contributed by atoms with E-state index in [0.29, 0.717) is 5.92 Å². The molecule has 0 bridgehead atoms. The summed E-state index contributed by atoms with van der Waals surface area (Å²) < 4.78 is 5.35. The fraction of sp³-hybridized carbons (Fsp3) is 0.455. The van der Waals surface area contributed by atoms with Gasteiger partial charge in [0.1, 0.15) is 5.75 Å². The molecule has 1 heterocycles. The molecule has 2 rings (SSSR count). The van der Waals surface area contributed by atoms with Crippen LogP contribution < -0.4 is 10.1 Å². The maximum absolute atomic E-state index is 6.09. The smallest absolute Gasteiger partial charge is 0.122 e. The number of rotatable bonds is 2. The number of nitrogens with one attached hydrogen (secondary N) is 1. The Morgan fingerprint density at radius 3 is 2.64 bits per heavy atom. The molecular formula is C11H14ClNO. The normalized spacial score (nSPS) is 16.5. The molecule has 1 aliphatic rings. The van der Waals surface area contributed by atoms with Crippen molar-refractivity contribution in [1.29, 1.82) is 0 Å². The van der Waals surface area contributed by atoms with Gasteiger partial charge in [-0.2, -0.15) is 0 Å². The molecule has 1 saturated heterocycles. The number of hydrogen-bond donors (Lipinski definition) is 1.